The predicted octanol–water partition coefficient (Wildman–Crippen LogP) is 1.27. The number of nitrogens with one attached hydrogen (secondary N) is 1. The first kappa shape index (κ1) is 18.6. The van der Waals surface area contributed by atoms with Crippen LogP contribution in [0.25, 0.3) is 0 Å². The molecular weight excluding hydrogens is 350 g/mol. The number of rotatable bonds is 7. The molecule has 2 aromatic rings. The minimum absolute atomic E-state index is 0.0712. The van der Waals surface area contributed by atoms with Gasteiger partial charge in [-0.3, -0.25) is 19.4 Å². The molecule has 0 saturated carbocycles. The summed E-state index contributed by atoms with van der Waals surface area (Å²) in [4.78, 5) is 42.2. The minimum atomic E-state index is -0.949. The molecule has 2 atom stereocenters. The average Bonchev–Trinajstić information content (AvgIpc) is 3.31. The molecule has 0 bridgehead atoms. The van der Waals surface area contributed by atoms with Crippen molar-refractivity contribution in [1.82, 2.24) is 15.2 Å². The number of likely N-dealkylation sites (tertiary alicyclic amines) is 1. The molecule has 1 fully saturated rings. The summed E-state index contributed by atoms with van der Waals surface area (Å²) in [6.45, 7) is 2.32. The molecule has 142 valence electrons. The fourth-order valence-corrected chi connectivity index (χ4v) is 2.82. The number of hydrogen-bond acceptors (Lipinski definition) is 6. The molecule has 0 unspecified atom stereocenters. The van der Waals surface area contributed by atoms with E-state index in [0.717, 1.165) is 0 Å². The summed E-state index contributed by atoms with van der Waals surface area (Å²) in [6.07, 6.45) is 2.29. The number of carbonyl (C=O) groups is 3. The normalized spacial score (nSPS) is 17.6. The van der Waals surface area contributed by atoms with Gasteiger partial charge in [0.05, 0.1) is 31.0 Å². The third kappa shape index (κ3) is 4.93. The molecule has 2 amide bonds. The van der Waals surface area contributed by atoms with Gasteiger partial charge in [-0.2, -0.15) is 0 Å². The van der Waals surface area contributed by atoms with E-state index in [1.165, 1.54) is 13.2 Å². The van der Waals surface area contributed by atoms with E-state index >= 15 is 0 Å². The van der Waals surface area contributed by atoms with Gasteiger partial charge in [0, 0.05) is 19.2 Å². The van der Waals surface area contributed by atoms with Gasteiger partial charge in [-0.1, -0.05) is 6.07 Å². The summed E-state index contributed by atoms with van der Waals surface area (Å²) in [5.74, 6) is -1.03. The molecule has 0 aliphatic carbocycles. The van der Waals surface area contributed by atoms with Crippen LogP contribution in [0.15, 0.2) is 47.2 Å². The van der Waals surface area contributed by atoms with E-state index in [0.29, 0.717) is 18.0 Å². The highest BCUT2D eigenvalue weighted by Crippen LogP contribution is 2.22. The van der Waals surface area contributed by atoms with Gasteiger partial charge >= 0.3 is 5.97 Å². The number of pyridine rings is 1. The maximum Gasteiger partial charge on any atom is 0.312 e. The second-order valence-electron chi connectivity index (χ2n) is 6.37. The number of hydrogen-bond donors (Lipinski definition) is 1. The largest absolute Gasteiger partial charge is 0.467 e. The number of esters is 1. The Balaban J connectivity index is 1.46. The fraction of sp³-hybridized carbons (Fsp3) is 0.368. The highest BCUT2D eigenvalue weighted by Gasteiger charge is 2.36. The van der Waals surface area contributed by atoms with E-state index in [-0.39, 0.29) is 25.4 Å². The van der Waals surface area contributed by atoms with Gasteiger partial charge in [0.15, 0.2) is 6.10 Å². The SMILES string of the molecule is C[C@H](OC(=O)[C@@H]1CC(=O)N(Cc2ccco2)C1)C(=O)NCc1ccccn1. The number of nitrogens with zero attached hydrogens (tertiary/aromatic N) is 2. The van der Waals surface area contributed by atoms with Crippen LogP contribution in [-0.4, -0.2) is 40.3 Å². The van der Waals surface area contributed by atoms with Crippen molar-refractivity contribution < 1.29 is 23.5 Å². The molecule has 27 heavy (non-hydrogen) atoms. The average molecular weight is 371 g/mol. The van der Waals surface area contributed by atoms with Crippen molar-refractivity contribution in [2.45, 2.75) is 32.5 Å². The quantitative estimate of drug-likeness (QED) is 0.736. The third-order valence-corrected chi connectivity index (χ3v) is 4.31. The molecule has 0 spiro atoms. The molecule has 1 saturated heterocycles. The number of ether oxygens (including phenoxy) is 1. The summed E-state index contributed by atoms with van der Waals surface area (Å²) in [5, 5.41) is 2.67. The summed E-state index contributed by atoms with van der Waals surface area (Å²) in [5.41, 5.74) is 0.708. The fourth-order valence-electron chi connectivity index (χ4n) is 2.82. The Bertz CT molecular complexity index is 791. The van der Waals surface area contributed by atoms with E-state index < -0.39 is 23.9 Å². The molecular formula is C19H21N3O5. The van der Waals surface area contributed by atoms with Crippen LogP contribution in [0.3, 0.4) is 0 Å². The van der Waals surface area contributed by atoms with Gasteiger partial charge in [-0.15, -0.1) is 0 Å². The zero-order valence-electron chi connectivity index (χ0n) is 15.0. The van der Waals surface area contributed by atoms with E-state index in [1.54, 1.807) is 35.4 Å². The molecule has 2 aromatic heterocycles. The van der Waals surface area contributed by atoms with Gasteiger partial charge in [0.2, 0.25) is 5.91 Å². The number of carbonyl (C=O) groups excluding carboxylic acids is 3. The molecule has 3 heterocycles. The van der Waals surface area contributed by atoms with E-state index in [4.69, 9.17) is 9.15 Å². The van der Waals surface area contributed by atoms with Crippen LogP contribution in [0.2, 0.25) is 0 Å². The predicted molar refractivity (Wildman–Crippen MR) is 93.9 cm³/mol. The molecule has 1 N–H and O–H groups in total. The summed E-state index contributed by atoms with van der Waals surface area (Å²) in [7, 11) is 0. The van der Waals surface area contributed by atoms with Gasteiger partial charge in [0.1, 0.15) is 5.76 Å². The monoisotopic (exact) mass is 371 g/mol. The zero-order valence-corrected chi connectivity index (χ0v) is 15.0. The third-order valence-electron chi connectivity index (χ3n) is 4.31. The second kappa shape index (κ2) is 8.48. The topological polar surface area (TPSA) is 102 Å². The van der Waals surface area contributed by atoms with Crippen LogP contribution in [0.1, 0.15) is 24.8 Å². The number of furan rings is 1. The highest BCUT2D eigenvalue weighted by atomic mass is 16.5. The molecule has 3 rings (SSSR count). The maximum absolute atomic E-state index is 12.3. The van der Waals surface area contributed by atoms with Crippen LogP contribution in [-0.2, 0) is 32.2 Å². The van der Waals surface area contributed by atoms with Crippen molar-refractivity contribution in [3.63, 3.8) is 0 Å². The Kier molecular flexibility index (Phi) is 5.85. The van der Waals surface area contributed by atoms with Gasteiger partial charge in [-0.05, 0) is 31.2 Å². The Morgan fingerprint density at radius 3 is 2.93 bits per heavy atom. The maximum atomic E-state index is 12.3. The molecule has 8 heteroatoms. The summed E-state index contributed by atoms with van der Waals surface area (Å²) in [6, 6.07) is 8.91. The lowest BCUT2D eigenvalue weighted by atomic mass is 10.1. The van der Waals surface area contributed by atoms with Crippen molar-refractivity contribution in [3.8, 4) is 0 Å². The van der Waals surface area contributed by atoms with E-state index in [9.17, 15) is 14.4 Å². The lowest BCUT2D eigenvalue weighted by Gasteiger charge is -2.17. The Hall–Kier alpha value is -3.16. The zero-order chi connectivity index (χ0) is 19.2. The van der Waals surface area contributed by atoms with Crippen LogP contribution < -0.4 is 5.32 Å². The van der Waals surface area contributed by atoms with Gasteiger partial charge < -0.3 is 19.4 Å². The molecule has 0 radical (unpaired) electrons. The highest BCUT2D eigenvalue weighted by molar-refractivity contribution is 5.88. The Labute approximate surface area is 156 Å². The lowest BCUT2D eigenvalue weighted by Crippen LogP contribution is -2.37. The van der Waals surface area contributed by atoms with Crippen molar-refractivity contribution >= 4 is 17.8 Å². The van der Waals surface area contributed by atoms with Crippen molar-refractivity contribution in [3.05, 3.63) is 54.2 Å². The van der Waals surface area contributed by atoms with Gasteiger partial charge in [0.25, 0.3) is 5.91 Å². The number of aromatic nitrogens is 1. The Morgan fingerprint density at radius 1 is 1.37 bits per heavy atom. The summed E-state index contributed by atoms with van der Waals surface area (Å²) >= 11 is 0. The van der Waals surface area contributed by atoms with Crippen molar-refractivity contribution in [2.75, 3.05) is 6.54 Å². The van der Waals surface area contributed by atoms with Crippen LogP contribution in [0.5, 0.6) is 0 Å². The van der Waals surface area contributed by atoms with Crippen molar-refractivity contribution in [2.24, 2.45) is 5.92 Å². The van der Waals surface area contributed by atoms with Gasteiger partial charge in [-0.25, -0.2) is 0 Å². The van der Waals surface area contributed by atoms with Crippen LogP contribution in [0.4, 0.5) is 0 Å². The minimum Gasteiger partial charge on any atom is -0.467 e. The smallest absolute Gasteiger partial charge is 0.312 e. The molecule has 0 aromatic carbocycles. The molecule has 1 aliphatic heterocycles. The standard InChI is InChI=1S/C19H21N3O5/c1-13(18(24)21-10-15-5-2-3-7-20-15)27-19(25)14-9-17(23)22(11-14)12-16-6-4-8-26-16/h2-8,13-14H,9-12H2,1H3,(H,21,24)/t13-,14+/m0/s1. The van der Waals surface area contributed by atoms with Crippen LogP contribution >= 0.6 is 0 Å². The second-order valence-corrected chi connectivity index (χ2v) is 6.37. The Morgan fingerprint density at radius 2 is 2.22 bits per heavy atom. The van der Waals surface area contributed by atoms with E-state index in [1.807, 2.05) is 6.07 Å². The van der Waals surface area contributed by atoms with Crippen LogP contribution in [0, 0.1) is 5.92 Å². The van der Waals surface area contributed by atoms with Crippen molar-refractivity contribution in [1.29, 1.82) is 0 Å². The lowest BCUT2D eigenvalue weighted by molar-refractivity contribution is -0.158. The molecule has 1 aliphatic rings. The molecule has 8 nitrogen and oxygen atoms in total. The first-order valence-corrected chi connectivity index (χ1v) is 8.71. The first-order valence-electron chi connectivity index (χ1n) is 8.71. The number of amides is 2. The first-order chi connectivity index (χ1) is 13.0. The summed E-state index contributed by atoms with van der Waals surface area (Å²) < 4.78 is 10.5. The van der Waals surface area contributed by atoms with E-state index in [2.05, 4.69) is 10.3 Å².